The second-order valence-corrected chi connectivity index (χ2v) is 4.50. The van der Waals surface area contributed by atoms with Crippen molar-refractivity contribution < 1.29 is 24.9 Å². The molecule has 9 heteroatoms. The minimum absolute atomic E-state index is 0.00215. The lowest BCUT2D eigenvalue weighted by molar-refractivity contribution is -0.138. The van der Waals surface area contributed by atoms with Gasteiger partial charge < -0.3 is 20.1 Å². The van der Waals surface area contributed by atoms with Crippen LogP contribution in [0.15, 0.2) is 21.9 Å². The van der Waals surface area contributed by atoms with E-state index >= 15 is 0 Å². The molecule has 20 heavy (non-hydrogen) atoms. The van der Waals surface area contributed by atoms with Crippen molar-refractivity contribution >= 4 is 5.97 Å². The van der Waals surface area contributed by atoms with Gasteiger partial charge in [0.05, 0.1) is 6.10 Å². The molecule has 0 spiro atoms. The first-order chi connectivity index (χ1) is 9.40. The Morgan fingerprint density at radius 1 is 1.35 bits per heavy atom. The summed E-state index contributed by atoms with van der Waals surface area (Å²) in [4.78, 5) is 35.0. The number of hydrogen-bond acceptors (Lipinski definition) is 6. The van der Waals surface area contributed by atoms with Crippen molar-refractivity contribution in [1.29, 1.82) is 0 Å². The number of hydrogen-bond donors (Lipinski definition) is 4. The summed E-state index contributed by atoms with van der Waals surface area (Å²) in [6.45, 7) is 0. The van der Waals surface area contributed by atoms with E-state index in [-0.39, 0.29) is 12.8 Å². The molecule has 0 aliphatic carbocycles. The molecule has 2 rings (SSSR count). The van der Waals surface area contributed by atoms with Gasteiger partial charge in [-0.25, -0.2) is 4.79 Å². The summed E-state index contributed by atoms with van der Waals surface area (Å²) < 4.78 is 6.26. The van der Waals surface area contributed by atoms with Crippen molar-refractivity contribution in [3.63, 3.8) is 0 Å². The van der Waals surface area contributed by atoms with Crippen LogP contribution in [0.1, 0.15) is 19.1 Å². The monoisotopic (exact) mass is 286 g/mol. The second kappa shape index (κ2) is 5.57. The molecular weight excluding hydrogens is 272 g/mol. The van der Waals surface area contributed by atoms with Gasteiger partial charge in [0.2, 0.25) is 0 Å². The van der Waals surface area contributed by atoms with Crippen LogP contribution in [0.25, 0.3) is 0 Å². The average molecular weight is 286 g/mol. The third kappa shape index (κ3) is 2.79. The van der Waals surface area contributed by atoms with Crippen LogP contribution in [0.3, 0.4) is 0 Å². The van der Waals surface area contributed by atoms with Gasteiger partial charge in [-0.2, -0.15) is 0 Å². The lowest BCUT2D eigenvalue weighted by Crippen LogP contribution is -2.37. The van der Waals surface area contributed by atoms with E-state index in [0.717, 1.165) is 16.8 Å². The molecule has 0 bridgehead atoms. The molecule has 4 N–H and O–H groups in total. The van der Waals surface area contributed by atoms with Gasteiger partial charge in [-0.15, -0.1) is 0 Å². The summed E-state index contributed by atoms with van der Waals surface area (Å²) in [7, 11) is 0. The highest BCUT2D eigenvalue weighted by Crippen LogP contribution is 2.30. The Balaban J connectivity index is 2.19. The van der Waals surface area contributed by atoms with Crippen LogP contribution in [0.2, 0.25) is 0 Å². The molecule has 1 aromatic rings. The number of H-pyrrole nitrogens is 1. The fourth-order valence-corrected chi connectivity index (χ4v) is 2.09. The topological polar surface area (TPSA) is 142 Å². The lowest BCUT2D eigenvalue weighted by Gasteiger charge is -2.16. The number of aliphatic hydroxyl groups is 2. The Hall–Kier alpha value is -1.97. The second-order valence-electron chi connectivity index (χ2n) is 4.50. The quantitative estimate of drug-likeness (QED) is 0.502. The number of carboxylic acid groups (broad SMARTS) is 1. The zero-order chi connectivity index (χ0) is 14.9. The highest BCUT2D eigenvalue weighted by molar-refractivity contribution is 5.66. The van der Waals surface area contributed by atoms with Gasteiger partial charge in [-0.1, -0.05) is 0 Å². The fraction of sp³-hybridized carbons (Fsp3) is 0.545. The van der Waals surface area contributed by atoms with Gasteiger partial charge in [-0.05, 0) is 6.42 Å². The molecule has 110 valence electrons. The molecule has 4 atom stereocenters. The van der Waals surface area contributed by atoms with Crippen molar-refractivity contribution in [2.24, 2.45) is 0 Å². The molecule has 9 nitrogen and oxygen atoms in total. The summed E-state index contributed by atoms with van der Waals surface area (Å²) in [6.07, 6.45) is -3.86. The molecule has 1 aliphatic rings. The van der Waals surface area contributed by atoms with Crippen molar-refractivity contribution in [3.05, 3.63) is 33.1 Å². The van der Waals surface area contributed by atoms with Crippen molar-refractivity contribution in [2.75, 3.05) is 0 Å². The van der Waals surface area contributed by atoms with Crippen LogP contribution in [0.5, 0.6) is 0 Å². The van der Waals surface area contributed by atoms with E-state index in [1.807, 2.05) is 4.98 Å². The number of aromatic nitrogens is 2. The first kappa shape index (κ1) is 14.4. The molecule has 1 saturated heterocycles. The average Bonchev–Trinajstić information content (AvgIpc) is 2.64. The van der Waals surface area contributed by atoms with Crippen LogP contribution in [-0.2, 0) is 9.53 Å². The number of aromatic amines is 1. The van der Waals surface area contributed by atoms with Crippen molar-refractivity contribution in [1.82, 2.24) is 9.55 Å². The van der Waals surface area contributed by atoms with Gasteiger partial charge in [0, 0.05) is 18.7 Å². The summed E-state index contributed by atoms with van der Waals surface area (Å²) in [6, 6.07) is 1.08. The Labute approximate surface area is 112 Å². The molecule has 0 aromatic carbocycles. The largest absolute Gasteiger partial charge is 0.481 e. The molecule has 0 saturated carbocycles. The minimum Gasteiger partial charge on any atom is -0.481 e. The Morgan fingerprint density at radius 2 is 2.05 bits per heavy atom. The van der Waals surface area contributed by atoms with Gasteiger partial charge in [0.15, 0.2) is 6.23 Å². The third-order valence-electron chi connectivity index (χ3n) is 3.11. The highest BCUT2D eigenvalue weighted by atomic mass is 16.6. The number of carboxylic acids is 1. The number of carbonyl (C=O) groups is 1. The zero-order valence-electron chi connectivity index (χ0n) is 10.3. The van der Waals surface area contributed by atoms with E-state index in [9.17, 15) is 24.6 Å². The Kier molecular flexibility index (Phi) is 4.02. The van der Waals surface area contributed by atoms with E-state index in [4.69, 9.17) is 9.84 Å². The molecule has 2 heterocycles. The first-order valence-electron chi connectivity index (χ1n) is 5.95. The molecular formula is C11H14N2O7. The first-order valence-corrected chi connectivity index (χ1v) is 5.95. The number of nitrogens with one attached hydrogen (secondary N) is 1. The molecule has 1 aliphatic heterocycles. The van der Waals surface area contributed by atoms with Crippen molar-refractivity contribution in [2.45, 2.75) is 37.4 Å². The van der Waals surface area contributed by atoms with E-state index in [2.05, 4.69) is 0 Å². The van der Waals surface area contributed by atoms with Gasteiger partial charge in [-0.3, -0.25) is 19.1 Å². The molecule has 0 radical (unpaired) electrons. The Morgan fingerprint density at radius 3 is 2.65 bits per heavy atom. The molecule has 1 aromatic heterocycles. The fourth-order valence-electron chi connectivity index (χ4n) is 2.09. The maximum Gasteiger partial charge on any atom is 0.330 e. The third-order valence-corrected chi connectivity index (χ3v) is 3.11. The summed E-state index contributed by atoms with van der Waals surface area (Å²) >= 11 is 0. The van der Waals surface area contributed by atoms with Crippen LogP contribution in [0.4, 0.5) is 0 Å². The van der Waals surface area contributed by atoms with Gasteiger partial charge in [0.25, 0.3) is 5.56 Å². The summed E-state index contributed by atoms with van der Waals surface area (Å²) in [5.74, 6) is -1.06. The normalized spacial score (nSPS) is 29.5. The van der Waals surface area contributed by atoms with Gasteiger partial charge >= 0.3 is 11.7 Å². The predicted molar refractivity (Wildman–Crippen MR) is 64.1 cm³/mol. The zero-order valence-corrected chi connectivity index (χ0v) is 10.3. The number of nitrogens with zero attached hydrogens (tertiary/aromatic N) is 1. The SMILES string of the molecule is O=C(O)CC[C@H]1O[C@@H](n2ccc(=O)[nH]c2=O)[C@H](O)[C@@H]1O. The smallest absolute Gasteiger partial charge is 0.330 e. The van der Waals surface area contributed by atoms with E-state index < -0.39 is 41.8 Å². The van der Waals surface area contributed by atoms with Crippen LogP contribution in [0, 0.1) is 0 Å². The van der Waals surface area contributed by atoms with Crippen LogP contribution < -0.4 is 11.2 Å². The number of aliphatic hydroxyl groups excluding tert-OH is 2. The Bertz CT molecular complexity index is 607. The minimum atomic E-state index is -1.39. The predicted octanol–water partition coefficient (Wildman–Crippen LogP) is -1.98. The lowest BCUT2D eigenvalue weighted by atomic mass is 10.1. The highest BCUT2D eigenvalue weighted by Gasteiger charge is 2.43. The summed E-state index contributed by atoms with van der Waals surface area (Å²) in [5, 5.41) is 28.2. The standard InChI is InChI=1S/C11H14N2O7/c14-6-3-4-13(11(19)12-6)10-9(18)8(17)5(20-10)1-2-7(15)16/h3-5,8-10,17-18H,1-2H2,(H,15,16)(H,12,14,19)/t5-,8-,9-,10-/m1/s1. The molecule has 1 fully saturated rings. The van der Waals surface area contributed by atoms with Crippen LogP contribution >= 0.6 is 0 Å². The van der Waals surface area contributed by atoms with Crippen molar-refractivity contribution in [3.8, 4) is 0 Å². The van der Waals surface area contributed by atoms with E-state index in [1.54, 1.807) is 0 Å². The summed E-state index contributed by atoms with van der Waals surface area (Å²) in [5.41, 5.74) is -1.38. The van der Waals surface area contributed by atoms with Crippen LogP contribution in [-0.4, -0.2) is 49.2 Å². The number of aliphatic carboxylic acids is 1. The number of ether oxygens (including phenoxy) is 1. The molecule has 0 amide bonds. The van der Waals surface area contributed by atoms with E-state index in [1.165, 1.54) is 0 Å². The van der Waals surface area contributed by atoms with E-state index in [0.29, 0.717) is 0 Å². The van der Waals surface area contributed by atoms with Gasteiger partial charge in [0.1, 0.15) is 12.2 Å². The molecule has 0 unspecified atom stereocenters. The number of rotatable bonds is 4. The maximum atomic E-state index is 11.6. The maximum absolute atomic E-state index is 11.6.